The maximum absolute atomic E-state index is 12.5. The molecule has 2 saturated heterocycles. The lowest BCUT2D eigenvalue weighted by molar-refractivity contribution is 0.108. The van der Waals surface area contributed by atoms with Crippen LogP contribution < -0.4 is 0 Å². The highest BCUT2D eigenvalue weighted by Gasteiger charge is 2.36. The van der Waals surface area contributed by atoms with E-state index >= 15 is 0 Å². The minimum atomic E-state index is -3.32. The Hall–Kier alpha value is -0.170. The first-order valence-corrected chi connectivity index (χ1v) is 8.22. The molecule has 2 fully saturated rings. The summed E-state index contributed by atoms with van der Waals surface area (Å²) in [6.07, 6.45) is 1.87. The fourth-order valence-corrected chi connectivity index (χ4v) is 4.91. The van der Waals surface area contributed by atoms with Crippen LogP contribution in [0.5, 0.6) is 0 Å². The third-order valence-corrected chi connectivity index (χ3v) is 5.88. The molecule has 0 aliphatic carbocycles. The molecular weight excluding hydrogens is 252 g/mol. The standard InChI is InChI=1S/C12H24N2O3S/c1-10-7-11(2)9-14(8-10)18(16,17)13-5-3-12(15)4-6-13/h10-12,15H,3-9H2,1-2H3/t10-,11+. The summed E-state index contributed by atoms with van der Waals surface area (Å²) in [4.78, 5) is 0. The zero-order valence-corrected chi connectivity index (χ0v) is 12.1. The average molecular weight is 276 g/mol. The van der Waals surface area contributed by atoms with E-state index in [0.717, 1.165) is 6.42 Å². The van der Waals surface area contributed by atoms with Crippen molar-refractivity contribution in [3.8, 4) is 0 Å². The third kappa shape index (κ3) is 3.04. The van der Waals surface area contributed by atoms with Crippen LogP contribution in [-0.4, -0.2) is 54.4 Å². The van der Waals surface area contributed by atoms with Crippen LogP contribution in [0.15, 0.2) is 0 Å². The smallest absolute Gasteiger partial charge is 0.281 e. The molecule has 2 heterocycles. The van der Waals surface area contributed by atoms with Crippen LogP contribution in [0.1, 0.15) is 33.1 Å². The molecule has 0 aromatic rings. The molecule has 0 unspecified atom stereocenters. The first kappa shape index (κ1) is 14.2. The van der Waals surface area contributed by atoms with Crippen molar-refractivity contribution in [1.29, 1.82) is 0 Å². The Morgan fingerprint density at radius 3 is 2.00 bits per heavy atom. The number of hydrogen-bond acceptors (Lipinski definition) is 3. The maximum Gasteiger partial charge on any atom is 0.281 e. The summed E-state index contributed by atoms with van der Waals surface area (Å²) < 4.78 is 28.2. The lowest BCUT2D eigenvalue weighted by Gasteiger charge is -2.38. The highest BCUT2D eigenvalue weighted by Crippen LogP contribution is 2.26. The van der Waals surface area contributed by atoms with Crippen molar-refractivity contribution in [3.05, 3.63) is 0 Å². The quantitative estimate of drug-likeness (QED) is 0.806. The molecule has 2 aliphatic rings. The van der Waals surface area contributed by atoms with Crippen molar-refractivity contribution >= 4 is 10.2 Å². The first-order valence-electron chi connectivity index (χ1n) is 6.83. The normalized spacial score (nSPS) is 33.7. The maximum atomic E-state index is 12.5. The molecule has 106 valence electrons. The number of aliphatic hydroxyl groups is 1. The fourth-order valence-electron chi connectivity index (χ4n) is 3.03. The van der Waals surface area contributed by atoms with Crippen LogP contribution in [0.2, 0.25) is 0 Å². The van der Waals surface area contributed by atoms with Gasteiger partial charge < -0.3 is 5.11 Å². The first-order chi connectivity index (χ1) is 8.39. The predicted octanol–water partition coefficient (Wildman–Crippen LogP) is 0.666. The Morgan fingerprint density at radius 2 is 1.50 bits per heavy atom. The summed E-state index contributed by atoms with van der Waals surface area (Å²) in [6, 6.07) is 0. The van der Waals surface area contributed by atoms with Crippen LogP contribution >= 0.6 is 0 Å². The van der Waals surface area contributed by atoms with Gasteiger partial charge in [0.2, 0.25) is 0 Å². The molecule has 0 bridgehead atoms. The third-order valence-electron chi connectivity index (χ3n) is 3.91. The largest absolute Gasteiger partial charge is 0.393 e. The van der Waals surface area contributed by atoms with Gasteiger partial charge in [-0.15, -0.1) is 0 Å². The van der Waals surface area contributed by atoms with Crippen molar-refractivity contribution in [2.45, 2.75) is 39.2 Å². The molecular formula is C12H24N2O3S. The highest BCUT2D eigenvalue weighted by atomic mass is 32.2. The second kappa shape index (κ2) is 5.45. The van der Waals surface area contributed by atoms with Crippen molar-refractivity contribution < 1.29 is 13.5 Å². The van der Waals surface area contributed by atoms with Gasteiger partial charge in [0, 0.05) is 26.2 Å². The van der Waals surface area contributed by atoms with Gasteiger partial charge in [-0.05, 0) is 31.1 Å². The van der Waals surface area contributed by atoms with Crippen LogP contribution in [0.4, 0.5) is 0 Å². The molecule has 0 saturated carbocycles. The molecule has 0 radical (unpaired) electrons. The monoisotopic (exact) mass is 276 g/mol. The highest BCUT2D eigenvalue weighted by molar-refractivity contribution is 7.86. The van der Waals surface area contributed by atoms with Gasteiger partial charge in [-0.25, -0.2) is 0 Å². The number of aliphatic hydroxyl groups excluding tert-OH is 1. The summed E-state index contributed by atoms with van der Waals surface area (Å²) in [5.41, 5.74) is 0. The molecule has 5 nitrogen and oxygen atoms in total. The topological polar surface area (TPSA) is 60.9 Å². The van der Waals surface area contributed by atoms with Crippen molar-refractivity contribution in [2.24, 2.45) is 11.8 Å². The molecule has 2 atom stereocenters. The van der Waals surface area contributed by atoms with Gasteiger partial charge >= 0.3 is 0 Å². The Bertz CT molecular complexity index is 367. The van der Waals surface area contributed by atoms with Gasteiger partial charge in [-0.3, -0.25) is 0 Å². The van der Waals surface area contributed by atoms with E-state index in [-0.39, 0.29) is 6.10 Å². The number of nitrogens with zero attached hydrogens (tertiary/aromatic N) is 2. The van der Waals surface area contributed by atoms with Gasteiger partial charge in [-0.1, -0.05) is 13.8 Å². The average Bonchev–Trinajstić information content (AvgIpc) is 2.28. The SMILES string of the molecule is C[C@@H]1C[C@H](C)CN(S(=O)(=O)N2CCC(O)CC2)C1. The molecule has 2 rings (SSSR count). The molecule has 0 aromatic carbocycles. The van der Waals surface area contributed by atoms with Crippen LogP contribution in [0, 0.1) is 11.8 Å². The zero-order chi connectivity index (χ0) is 13.3. The van der Waals surface area contributed by atoms with E-state index in [1.54, 1.807) is 4.31 Å². The van der Waals surface area contributed by atoms with Gasteiger partial charge in [0.1, 0.15) is 0 Å². The minimum absolute atomic E-state index is 0.337. The molecule has 1 N–H and O–H groups in total. The van der Waals surface area contributed by atoms with Gasteiger partial charge in [0.15, 0.2) is 0 Å². The van der Waals surface area contributed by atoms with Crippen LogP contribution in [0.25, 0.3) is 0 Å². The van der Waals surface area contributed by atoms with Crippen molar-refractivity contribution in [3.63, 3.8) is 0 Å². The van der Waals surface area contributed by atoms with Crippen LogP contribution in [0.3, 0.4) is 0 Å². The van der Waals surface area contributed by atoms with Crippen LogP contribution in [-0.2, 0) is 10.2 Å². The summed E-state index contributed by atoms with van der Waals surface area (Å²) in [6.45, 7) is 6.37. The Kier molecular flexibility index (Phi) is 4.31. The van der Waals surface area contributed by atoms with E-state index in [0.29, 0.717) is 50.9 Å². The molecule has 18 heavy (non-hydrogen) atoms. The van der Waals surface area contributed by atoms with E-state index in [2.05, 4.69) is 13.8 Å². The second-order valence-corrected chi connectivity index (χ2v) is 7.83. The number of piperidine rings is 2. The molecule has 2 aliphatic heterocycles. The fraction of sp³-hybridized carbons (Fsp3) is 1.00. The summed E-state index contributed by atoms with van der Waals surface area (Å²) in [7, 11) is -3.32. The van der Waals surface area contributed by atoms with E-state index in [1.165, 1.54) is 4.31 Å². The van der Waals surface area contributed by atoms with E-state index < -0.39 is 10.2 Å². The number of hydrogen-bond donors (Lipinski definition) is 1. The minimum Gasteiger partial charge on any atom is -0.393 e. The second-order valence-electron chi connectivity index (χ2n) is 5.90. The summed E-state index contributed by atoms with van der Waals surface area (Å²) in [5.74, 6) is 0.859. The molecule has 0 aromatic heterocycles. The van der Waals surface area contributed by atoms with Crippen molar-refractivity contribution in [2.75, 3.05) is 26.2 Å². The van der Waals surface area contributed by atoms with Gasteiger partial charge in [0.05, 0.1) is 6.10 Å². The molecule has 6 heteroatoms. The van der Waals surface area contributed by atoms with E-state index in [1.807, 2.05) is 0 Å². The van der Waals surface area contributed by atoms with Crippen molar-refractivity contribution in [1.82, 2.24) is 8.61 Å². The Morgan fingerprint density at radius 1 is 1.00 bits per heavy atom. The summed E-state index contributed by atoms with van der Waals surface area (Å²) >= 11 is 0. The molecule has 0 spiro atoms. The zero-order valence-electron chi connectivity index (χ0n) is 11.2. The van der Waals surface area contributed by atoms with E-state index in [4.69, 9.17) is 0 Å². The number of rotatable bonds is 2. The summed E-state index contributed by atoms with van der Waals surface area (Å²) in [5, 5.41) is 9.45. The van der Waals surface area contributed by atoms with E-state index in [9.17, 15) is 13.5 Å². The van der Waals surface area contributed by atoms with Gasteiger partial charge in [-0.2, -0.15) is 17.0 Å². The molecule has 0 amide bonds. The lowest BCUT2D eigenvalue weighted by Crippen LogP contribution is -2.51. The van der Waals surface area contributed by atoms with Gasteiger partial charge in [0.25, 0.3) is 10.2 Å². The Balaban J connectivity index is 2.06. The Labute approximate surface area is 110 Å². The lowest BCUT2D eigenvalue weighted by atomic mass is 9.94. The predicted molar refractivity (Wildman–Crippen MR) is 70.3 cm³/mol.